The van der Waals surface area contributed by atoms with Crippen LogP contribution in [0.3, 0.4) is 0 Å². The quantitative estimate of drug-likeness (QED) is 0.387. The molecule has 0 saturated heterocycles. The average molecular weight is 302 g/mol. The first-order chi connectivity index (χ1) is 9.82. The Labute approximate surface area is 117 Å². The number of anilines is 2. The summed E-state index contributed by atoms with van der Waals surface area (Å²) in [6.45, 7) is 1.51. The summed E-state index contributed by atoms with van der Waals surface area (Å²) in [6, 6.07) is 5.65. The highest BCUT2D eigenvalue weighted by Crippen LogP contribution is 2.30. The highest BCUT2D eigenvalue weighted by Gasteiger charge is 2.26. The first-order valence-corrected chi connectivity index (χ1v) is 5.96. The molecule has 21 heavy (non-hydrogen) atoms. The zero-order chi connectivity index (χ0) is 15.7. The van der Waals surface area contributed by atoms with Crippen LogP contribution in [0, 0.1) is 29.1 Å². The molecular weight excluding hydrogens is 291 g/mol. The lowest BCUT2D eigenvalue weighted by Crippen LogP contribution is -2.13. The van der Waals surface area contributed by atoms with Gasteiger partial charge in [-0.1, -0.05) is 12.1 Å². The van der Waals surface area contributed by atoms with Gasteiger partial charge in [-0.25, -0.2) is 22.0 Å². The van der Waals surface area contributed by atoms with Crippen LogP contribution in [0.1, 0.15) is 18.5 Å². The first-order valence-electron chi connectivity index (χ1n) is 5.96. The van der Waals surface area contributed by atoms with E-state index in [1.165, 1.54) is 13.0 Å². The Hall–Kier alpha value is -2.31. The third kappa shape index (κ3) is 2.76. The number of nitrogens with two attached hydrogens (primary N) is 1. The van der Waals surface area contributed by atoms with Crippen molar-refractivity contribution in [2.45, 2.75) is 13.0 Å². The van der Waals surface area contributed by atoms with Crippen LogP contribution in [0.5, 0.6) is 0 Å². The fourth-order valence-corrected chi connectivity index (χ4v) is 1.86. The standard InChI is InChI=1S/C14H11F5N2/c1-6(7-3-2-4-8(20)5-7)21-14-12(18)10(16)9(15)11(17)13(14)19/h2-6,21H,20H2,1H3. The second kappa shape index (κ2) is 5.59. The van der Waals surface area contributed by atoms with Crippen molar-refractivity contribution in [3.05, 3.63) is 58.9 Å². The summed E-state index contributed by atoms with van der Waals surface area (Å²) in [4.78, 5) is 0. The molecule has 7 heteroatoms. The molecule has 0 saturated carbocycles. The molecular formula is C14H11F5N2. The van der Waals surface area contributed by atoms with Gasteiger partial charge >= 0.3 is 0 Å². The van der Waals surface area contributed by atoms with Crippen molar-refractivity contribution in [2.75, 3.05) is 11.1 Å². The molecule has 0 fully saturated rings. The molecule has 1 atom stereocenters. The Kier molecular flexibility index (Phi) is 4.02. The molecule has 0 aliphatic carbocycles. The SMILES string of the molecule is CC(Nc1c(F)c(F)c(F)c(F)c1F)c1cccc(N)c1. The van der Waals surface area contributed by atoms with Gasteiger partial charge < -0.3 is 11.1 Å². The molecule has 0 aliphatic heterocycles. The number of nitrogens with one attached hydrogen (secondary N) is 1. The monoisotopic (exact) mass is 302 g/mol. The lowest BCUT2D eigenvalue weighted by Gasteiger charge is -2.18. The van der Waals surface area contributed by atoms with E-state index >= 15 is 0 Å². The Morgan fingerprint density at radius 2 is 1.43 bits per heavy atom. The van der Waals surface area contributed by atoms with Gasteiger partial charge in [0.05, 0.1) is 0 Å². The third-order valence-corrected chi connectivity index (χ3v) is 2.98. The minimum absolute atomic E-state index is 0.415. The maximum absolute atomic E-state index is 13.5. The fourth-order valence-electron chi connectivity index (χ4n) is 1.86. The molecule has 112 valence electrons. The summed E-state index contributed by atoms with van der Waals surface area (Å²) in [5.41, 5.74) is 5.46. The molecule has 0 aromatic heterocycles. The smallest absolute Gasteiger partial charge is 0.200 e. The summed E-state index contributed by atoms with van der Waals surface area (Å²) in [5.74, 6) is -9.97. The van der Waals surface area contributed by atoms with Crippen LogP contribution in [-0.4, -0.2) is 0 Å². The minimum atomic E-state index is -2.19. The van der Waals surface area contributed by atoms with Crippen molar-refractivity contribution >= 4 is 11.4 Å². The molecule has 2 aromatic rings. The van der Waals surface area contributed by atoms with Gasteiger partial charge in [0.25, 0.3) is 0 Å². The summed E-state index contributed by atoms with van der Waals surface area (Å²) in [6.07, 6.45) is 0. The van der Waals surface area contributed by atoms with Gasteiger partial charge in [0.15, 0.2) is 23.3 Å². The van der Waals surface area contributed by atoms with Crippen LogP contribution in [0.2, 0.25) is 0 Å². The lowest BCUT2D eigenvalue weighted by molar-refractivity contribution is 0.381. The van der Waals surface area contributed by atoms with Crippen molar-refractivity contribution in [1.82, 2.24) is 0 Å². The number of nitrogen functional groups attached to an aromatic ring is 1. The normalized spacial score (nSPS) is 12.3. The van der Waals surface area contributed by atoms with Gasteiger partial charge in [-0.05, 0) is 24.6 Å². The maximum atomic E-state index is 13.5. The van der Waals surface area contributed by atoms with E-state index in [0.717, 1.165) is 0 Å². The van der Waals surface area contributed by atoms with Gasteiger partial charge in [-0.2, -0.15) is 0 Å². The molecule has 0 amide bonds. The van der Waals surface area contributed by atoms with Crippen LogP contribution in [0.25, 0.3) is 0 Å². The highest BCUT2D eigenvalue weighted by atomic mass is 19.2. The van der Waals surface area contributed by atoms with E-state index in [-0.39, 0.29) is 0 Å². The molecule has 0 bridgehead atoms. The van der Waals surface area contributed by atoms with E-state index in [4.69, 9.17) is 5.73 Å². The first kappa shape index (κ1) is 15.1. The molecule has 3 N–H and O–H groups in total. The molecule has 1 unspecified atom stereocenters. The van der Waals surface area contributed by atoms with E-state index in [2.05, 4.69) is 5.32 Å². The number of benzene rings is 2. The third-order valence-electron chi connectivity index (χ3n) is 2.98. The zero-order valence-electron chi connectivity index (χ0n) is 10.9. The topological polar surface area (TPSA) is 38.0 Å². The van der Waals surface area contributed by atoms with Crippen molar-refractivity contribution in [1.29, 1.82) is 0 Å². The van der Waals surface area contributed by atoms with Crippen molar-refractivity contribution in [2.24, 2.45) is 0 Å². The molecule has 0 spiro atoms. The summed E-state index contributed by atoms with van der Waals surface area (Å²) in [5, 5.41) is 2.28. The Morgan fingerprint density at radius 3 is 1.95 bits per heavy atom. The summed E-state index contributed by atoms with van der Waals surface area (Å²) < 4.78 is 66.2. The van der Waals surface area contributed by atoms with Gasteiger partial charge in [-0.3, -0.25) is 0 Å². The van der Waals surface area contributed by atoms with E-state index in [0.29, 0.717) is 11.3 Å². The lowest BCUT2D eigenvalue weighted by atomic mass is 10.1. The van der Waals surface area contributed by atoms with Crippen molar-refractivity contribution < 1.29 is 22.0 Å². The Balaban J connectivity index is 2.40. The largest absolute Gasteiger partial charge is 0.399 e. The Bertz CT molecular complexity index is 658. The van der Waals surface area contributed by atoms with Crippen LogP contribution < -0.4 is 11.1 Å². The van der Waals surface area contributed by atoms with Crippen LogP contribution >= 0.6 is 0 Å². The number of halogens is 5. The van der Waals surface area contributed by atoms with Gasteiger partial charge in [-0.15, -0.1) is 0 Å². The second-order valence-electron chi connectivity index (χ2n) is 4.48. The maximum Gasteiger partial charge on any atom is 0.200 e. The number of rotatable bonds is 3. The second-order valence-corrected chi connectivity index (χ2v) is 4.48. The summed E-state index contributed by atoms with van der Waals surface area (Å²) >= 11 is 0. The Morgan fingerprint density at radius 1 is 0.905 bits per heavy atom. The van der Waals surface area contributed by atoms with Crippen LogP contribution in [0.4, 0.5) is 33.3 Å². The van der Waals surface area contributed by atoms with E-state index in [1.54, 1.807) is 18.2 Å². The van der Waals surface area contributed by atoms with E-state index < -0.39 is 40.8 Å². The van der Waals surface area contributed by atoms with Gasteiger partial charge in [0, 0.05) is 11.7 Å². The van der Waals surface area contributed by atoms with Gasteiger partial charge in [0.1, 0.15) is 5.69 Å². The number of hydrogen-bond acceptors (Lipinski definition) is 2. The van der Waals surface area contributed by atoms with E-state index in [9.17, 15) is 22.0 Å². The van der Waals surface area contributed by atoms with E-state index in [1.807, 2.05) is 0 Å². The van der Waals surface area contributed by atoms with Crippen LogP contribution in [0.15, 0.2) is 24.3 Å². The number of hydrogen-bond donors (Lipinski definition) is 2. The van der Waals surface area contributed by atoms with Gasteiger partial charge in [0.2, 0.25) is 5.82 Å². The fraction of sp³-hybridized carbons (Fsp3) is 0.143. The molecule has 0 heterocycles. The highest BCUT2D eigenvalue weighted by molar-refractivity contribution is 5.51. The molecule has 2 aromatic carbocycles. The molecule has 2 nitrogen and oxygen atoms in total. The van der Waals surface area contributed by atoms with Crippen molar-refractivity contribution in [3.63, 3.8) is 0 Å². The summed E-state index contributed by atoms with van der Waals surface area (Å²) in [7, 11) is 0. The average Bonchev–Trinajstić information content (AvgIpc) is 2.47. The molecule has 0 aliphatic rings. The molecule has 0 radical (unpaired) electrons. The predicted octanol–water partition coefficient (Wildman–Crippen LogP) is 4.14. The predicted molar refractivity (Wildman–Crippen MR) is 69.1 cm³/mol. The van der Waals surface area contributed by atoms with Crippen molar-refractivity contribution in [3.8, 4) is 0 Å². The van der Waals surface area contributed by atoms with Crippen LogP contribution in [-0.2, 0) is 0 Å². The molecule has 2 rings (SSSR count). The zero-order valence-corrected chi connectivity index (χ0v) is 10.9. The minimum Gasteiger partial charge on any atom is -0.399 e.